The fourth-order valence-corrected chi connectivity index (χ4v) is 5.01. The van der Waals surface area contributed by atoms with Crippen molar-refractivity contribution in [2.75, 3.05) is 32.2 Å². The van der Waals surface area contributed by atoms with Gasteiger partial charge in [0.2, 0.25) is 0 Å². The molecule has 0 amide bonds. The van der Waals surface area contributed by atoms with Gasteiger partial charge in [-0.05, 0) is 18.9 Å². The molecule has 0 fully saturated rings. The average molecular weight is 418 g/mol. The Kier molecular flexibility index (Phi) is 5.56. The molecular weight excluding hydrogens is 393 g/mol. The van der Waals surface area contributed by atoms with Gasteiger partial charge in [-0.3, -0.25) is 4.21 Å². The maximum atomic E-state index is 14.0. The molecule has 1 aromatic heterocycles. The monoisotopic (exact) mass is 417 g/mol. The summed E-state index contributed by atoms with van der Waals surface area (Å²) in [5.74, 6) is -0.0554. The first-order chi connectivity index (χ1) is 14.0. The van der Waals surface area contributed by atoms with E-state index >= 15 is 0 Å². The summed E-state index contributed by atoms with van der Waals surface area (Å²) < 4.78 is 37.7. The van der Waals surface area contributed by atoms with Crippen LogP contribution in [0.3, 0.4) is 0 Å². The molecule has 2 unspecified atom stereocenters. The van der Waals surface area contributed by atoms with Crippen molar-refractivity contribution in [2.45, 2.75) is 30.4 Å². The molecule has 0 saturated heterocycles. The van der Waals surface area contributed by atoms with E-state index in [4.69, 9.17) is 9.47 Å². The molecule has 29 heavy (non-hydrogen) atoms. The number of benzene rings is 2. The lowest BCUT2D eigenvalue weighted by molar-refractivity contribution is 0.0937. The highest BCUT2D eigenvalue weighted by molar-refractivity contribution is 7.84. The van der Waals surface area contributed by atoms with E-state index in [-0.39, 0.29) is 11.9 Å². The Labute approximate surface area is 171 Å². The number of ether oxygens (including phenoxy) is 2. The van der Waals surface area contributed by atoms with Gasteiger partial charge in [0.1, 0.15) is 0 Å². The lowest BCUT2D eigenvalue weighted by Crippen LogP contribution is -2.32. The summed E-state index contributed by atoms with van der Waals surface area (Å²) in [6.07, 6.45) is 0.976. The molecule has 0 spiro atoms. The molecule has 2 atom stereocenters. The molecule has 0 aliphatic carbocycles. The van der Waals surface area contributed by atoms with Gasteiger partial charge in [-0.1, -0.05) is 18.2 Å². The van der Waals surface area contributed by atoms with E-state index in [0.717, 1.165) is 36.3 Å². The van der Waals surface area contributed by atoms with Crippen LogP contribution in [0.4, 0.5) is 10.1 Å². The van der Waals surface area contributed by atoms with Gasteiger partial charge in [-0.15, -0.1) is 0 Å². The van der Waals surface area contributed by atoms with Crippen LogP contribution in [-0.2, 0) is 21.3 Å². The van der Waals surface area contributed by atoms with Crippen molar-refractivity contribution in [1.82, 2.24) is 9.97 Å². The van der Waals surface area contributed by atoms with Crippen molar-refractivity contribution < 1.29 is 18.1 Å². The van der Waals surface area contributed by atoms with E-state index in [2.05, 4.69) is 27.9 Å². The van der Waals surface area contributed by atoms with E-state index in [9.17, 15) is 8.60 Å². The number of aromatic nitrogens is 2. The maximum absolute atomic E-state index is 14.0. The third-order valence-electron chi connectivity index (χ3n) is 5.38. The van der Waals surface area contributed by atoms with E-state index in [1.54, 1.807) is 7.11 Å². The minimum absolute atomic E-state index is 0.0443. The standard InChI is InChI=1S/C21H24FN3O3S/c1-4-25-9-8-18(27-2)14-7-5-6-13(20(14)25)12-29(26)21-23-16-10-15(22)19(28-3)11-17(16)24-21/h5-7,10-11,18H,4,8-9,12H2,1-3H3,(H,23,24). The minimum Gasteiger partial charge on any atom is -0.494 e. The summed E-state index contributed by atoms with van der Waals surface area (Å²) >= 11 is 0. The van der Waals surface area contributed by atoms with E-state index < -0.39 is 16.6 Å². The quantitative estimate of drug-likeness (QED) is 0.658. The SMILES string of the molecule is CCN1CCC(OC)c2cccc(CS(=O)c3nc4cc(OC)c(F)cc4[nH]3)c21. The highest BCUT2D eigenvalue weighted by Crippen LogP contribution is 2.38. The average Bonchev–Trinajstić information content (AvgIpc) is 3.15. The Morgan fingerprint density at radius 3 is 2.90 bits per heavy atom. The van der Waals surface area contributed by atoms with Gasteiger partial charge in [0.25, 0.3) is 0 Å². The zero-order valence-electron chi connectivity index (χ0n) is 16.7. The number of aromatic amines is 1. The maximum Gasteiger partial charge on any atom is 0.197 e. The Bertz CT molecular complexity index is 1070. The van der Waals surface area contributed by atoms with Crippen LogP contribution in [0.1, 0.15) is 30.6 Å². The number of imidazole rings is 1. The predicted octanol–water partition coefficient (Wildman–Crippen LogP) is 3.94. The smallest absolute Gasteiger partial charge is 0.197 e. The molecule has 4 rings (SSSR count). The van der Waals surface area contributed by atoms with Crippen molar-refractivity contribution in [3.63, 3.8) is 0 Å². The van der Waals surface area contributed by atoms with Crippen LogP contribution in [-0.4, -0.2) is 41.5 Å². The molecule has 8 heteroatoms. The summed E-state index contributed by atoms with van der Waals surface area (Å²) in [4.78, 5) is 9.69. The van der Waals surface area contributed by atoms with Crippen LogP contribution in [0.5, 0.6) is 5.75 Å². The van der Waals surface area contributed by atoms with Gasteiger partial charge in [-0.25, -0.2) is 9.37 Å². The highest BCUT2D eigenvalue weighted by Gasteiger charge is 2.27. The first-order valence-corrected chi connectivity index (χ1v) is 10.9. The number of hydrogen-bond donors (Lipinski definition) is 1. The summed E-state index contributed by atoms with van der Waals surface area (Å²) in [6.45, 7) is 3.89. The first-order valence-electron chi connectivity index (χ1n) is 9.56. The Morgan fingerprint density at radius 2 is 2.17 bits per heavy atom. The molecule has 6 nitrogen and oxygen atoms in total. The number of halogens is 1. The second-order valence-corrected chi connectivity index (χ2v) is 8.35. The zero-order valence-corrected chi connectivity index (χ0v) is 17.5. The van der Waals surface area contributed by atoms with Crippen molar-refractivity contribution in [2.24, 2.45) is 0 Å². The van der Waals surface area contributed by atoms with E-state index in [1.165, 1.54) is 19.2 Å². The van der Waals surface area contributed by atoms with Crippen molar-refractivity contribution in [3.05, 3.63) is 47.3 Å². The molecule has 3 aromatic rings. The van der Waals surface area contributed by atoms with Gasteiger partial charge in [0.05, 0.1) is 40.8 Å². The Balaban J connectivity index is 1.68. The second kappa shape index (κ2) is 8.12. The molecule has 1 aliphatic rings. The zero-order chi connectivity index (χ0) is 20.5. The van der Waals surface area contributed by atoms with Gasteiger partial charge in [0, 0.05) is 43.6 Å². The molecule has 0 saturated carbocycles. The van der Waals surface area contributed by atoms with Crippen LogP contribution in [0.15, 0.2) is 35.5 Å². The van der Waals surface area contributed by atoms with Gasteiger partial charge in [0.15, 0.2) is 16.7 Å². The molecule has 2 aromatic carbocycles. The topological polar surface area (TPSA) is 67.4 Å². The fourth-order valence-electron chi connectivity index (χ4n) is 3.94. The number of rotatable bonds is 6. The number of hydrogen-bond acceptors (Lipinski definition) is 5. The first kappa shape index (κ1) is 19.8. The number of anilines is 1. The highest BCUT2D eigenvalue weighted by atomic mass is 32.2. The predicted molar refractivity (Wildman–Crippen MR) is 111 cm³/mol. The number of nitrogens with zero attached hydrogens (tertiary/aromatic N) is 2. The summed E-state index contributed by atoms with van der Waals surface area (Å²) in [5.41, 5.74) is 4.25. The number of fused-ring (bicyclic) bond motifs is 2. The summed E-state index contributed by atoms with van der Waals surface area (Å²) in [5, 5.41) is 0.326. The minimum atomic E-state index is -1.41. The molecule has 0 bridgehead atoms. The normalized spacial score (nSPS) is 17.4. The number of para-hydroxylation sites is 1. The van der Waals surface area contributed by atoms with Gasteiger partial charge < -0.3 is 19.4 Å². The van der Waals surface area contributed by atoms with Crippen LogP contribution >= 0.6 is 0 Å². The van der Waals surface area contributed by atoms with Crippen LogP contribution in [0.2, 0.25) is 0 Å². The lowest BCUT2D eigenvalue weighted by Gasteiger charge is -2.36. The van der Waals surface area contributed by atoms with Crippen molar-refractivity contribution in [3.8, 4) is 5.75 Å². The second-order valence-electron chi connectivity index (χ2n) is 6.98. The Morgan fingerprint density at radius 1 is 1.34 bits per heavy atom. The van der Waals surface area contributed by atoms with Crippen molar-refractivity contribution in [1.29, 1.82) is 0 Å². The summed E-state index contributed by atoms with van der Waals surface area (Å²) in [6, 6.07) is 8.88. The molecule has 154 valence electrons. The third kappa shape index (κ3) is 3.62. The van der Waals surface area contributed by atoms with E-state index in [1.807, 2.05) is 12.1 Å². The lowest BCUT2D eigenvalue weighted by atomic mass is 9.95. The molecule has 1 N–H and O–H groups in total. The van der Waals surface area contributed by atoms with E-state index in [0.29, 0.717) is 21.9 Å². The third-order valence-corrected chi connectivity index (χ3v) is 6.58. The molecule has 1 aliphatic heterocycles. The van der Waals surface area contributed by atoms with Gasteiger partial charge >= 0.3 is 0 Å². The van der Waals surface area contributed by atoms with Crippen LogP contribution < -0.4 is 9.64 Å². The summed E-state index contributed by atoms with van der Waals surface area (Å²) in [7, 11) is 1.72. The Hall–Kier alpha value is -2.45. The molecule has 0 radical (unpaired) electrons. The largest absolute Gasteiger partial charge is 0.494 e. The number of nitrogens with one attached hydrogen (secondary N) is 1. The van der Waals surface area contributed by atoms with Crippen LogP contribution in [0.25, 0.3) is 11.0 Å². The number of methoxy groups -OCH3 is 2. The molecular formula is C21H24FN3O3S. The fraction of sp³-hybridized carbons (Fsp3) is 0.381. The van der Waals surface area contributed by atoms with Crippen molar-refractivity contribution >= 4 is 27.5 Å². The van der Waals surface area contributed by atoms with Crippen LogP contribution in [0, 0.1) is 5.82 Å². The number of H-pyrrole nitrogens is 1. The molecule has 2 heterocycles. The van der Waals surface area contributed by atoms with Gasteiger partial charge in [-0.2, -0.15) is 0 Å².